The number of alkyl halides is 3. The molecule has 0 unspecified atom stereocenters. The van der Waals surface area contributed by atoms with Crippen LogP contribution in [0.3, 0.4) is 0 Å². The van der Waals surface area contributed by atoms with Crippen LogP contribution in [0.4, 0.5) is 18.0 Å². The number of thioether (sulfide) groups is 1. The normalized spacial score (nSPS) is 15.5. The van der Waals surface area contributed by atoms with Crippen molar-refractivity contribution in [3.05, 3.63) is 69.2 Å². The molecule has 3 aromatic rings. The predicted molar refractivity (Wildman–Crippen MR) is 125 cm³/mol. The molecule has 1 saturated heterocycles. The molecule has 1 aliphatic heterocycles. The van der Waals surface area contributed by atoms with Gasteiger partial charge >= 0.3 is 12.1 Å². The average Bonchev–Trinajstić information content (AvgIpc) is 3.29. The molecule has 2 amide bonds. The SMILES string of the molecule is O=C(O)CCCN1C(=O)SC(=Cc2ccc3c(cnn3Cc3ccc(Cl)cc3C(F)(F)F)c2)C1=O. The molecule has 0 bridgehead atoms. The first kappa shape index (κ1) is 24.8. The molecule has 0 aliphatic carbocycles. The fraction of sp³-hybridized carbons (Fsp3) is 0.217. The van der Waals surface area contributed by atoms with E-state index in [2.05, 4.69) is 5.10 Å². The van der Waals surface area contributed by atoms with E-state index in [0.717, 1.165) is 22.7 Å². The summed E-state index contributed by atoms with van der Waals surface area (Å²) >= 11 is 6.52. The number of carbonyl (C=O) groups is 3. The zero-order valence-corrected chi connectivity index (χ0v) is 19.5. The van der Waals surface area contributed by atoms with Gasteiger partial charge in [0.25, 0.3) is 11.1 Å². The van der Waals surface area contributed by atoms with Crippen molar-refractivity contribution >= 4 is 57.5 Å². The van der Waals surface area contributed by atoms with Crippen LogP contribution in [0, 0.1) is 0 Å². The summed E-state index contributed by atoms with van der Waals surface area (Å²) in [5, 5.41) is 13.1. The van der Waals surface area contributed by atoms with Crippen LogP contribution < -0.4 is 0 Å². The minimum absolute atomic E-state index is 0.0117. The minimum Gasteiger partial charge on any atom is -0.481 e. The molecule has 0 radical (unpaired) electrons. The first-order valence-corrected chi connectivity index (χ1v) is 11.5. The largest absolute Gasteiger partial charge is 0.481 e. The van der Waals surface area contributed by atoms with Gasteiger partial charge in [0, 0.05) is 23.4 Å². The smallest absolute Gasteiger partial charge is 0.416 e. The maximum absolute atomic E-state index is 13.4. The maximum Gasteiger partial charge on any atom is 0.416 e. The van der Waals surface area contributed by atoms with E-state index in [9.17, 15) is 27.6 Å². The number of aliphatic carboxylic acids is 1. The quantitative estimate of drug-likeness (QED) is 0.402. The van der Waals surface area contributed by atoms with Crippen LogP contribution in [-0.4, -0.2) is 43.4 Å². The van der Waals surface area contributed by atoms with E-state index in [1.54, 1.807) is 24.3 Å². The number of hydrogen-bond acceptors (Lipinski definition) is 5. The molecule has 0 saturated carbocycles. The Morgan fingerprint density at radius 2 is 1.94 bits per heavy atom. The molecule has 2 heterocycles. The molecular weight excluding hydrogens is 507 g/mol. The lowest BCUT2D eigenvalue weighted by atomic mass is 10.1. The van der Waals surface area contributed by atoms with Gasteiger partial charge in [-0.25, -0.2) is 0 Å². The summed E-state index contributed by atoms with van der Waals surface area (Å²) in [7, 11) is 0. The maximum atomic E-state index is 13.4. The monoisotopic (exact) mass is 523 g/mol. The van der Waals surface area contributed by atoms with Crippen molar-refractivity contribution in [3.63, 3.8) is 0 Å². The standard InChI is InChI=1S/C23H17ClF3N3O4S/c24-16-5-4-14(17(10-16)23(25,26)27)12-30-18-6-3-13(8-15(18)11-28-30)9-19-21(33)29(22(34)35-19)7-1-2-20(31)32/h3-6,8-11H,1-2,7,12H2,(H,31,32). The topological polar surface area (TPSA) is 92.5 Å². The lowest BCUT2D eigenvalue weighted by Crippen LogP contribution is -2.29. The van der Waals surface area contributed by atoms with E-state index in [0.29, 0.717) is 16.5 Å². The van der Waals surface area contributed by atoms with Crippen LogP contribution in [0.5, 0.6) is 0 Å². The number of nitrogens with zero attached hydrogens (tertiary/aromatic N) is 3. The molecule has 2 aromatic carbocycles. The highest BCUT2D eigenvalue weighted by Gasteiger charge is 2.35. The summed E-state index contributed by atoms with van der Waals surface area (Å²) in [6.07, 6.45) is -1.50. The first-order chi connectivity index (χ1) is 16.5. The molecule has 12 heteroatoms. The molecular formula is C23H17ClF3N3O4S. The summed E-state index contributed by atoms with van der Waals surface area (Å²) < 4.78 is 41.7. The van der Waals surface area contributed by atoms with E-state index >= 15 is 0 Å². The lowest BCUT2D eigenvalue weighted by molar-refractivity contribution is -0.138. The van der Waals surface area contributed by atoms with Crippen molar-refractivity contribution in [2.24, 2.45) is 0 Å². The van der Waals surface area contributed by atoms with Crippen LogP contribution in [-0.2, 0) is 22.3 Å². The number of rotatable bonds is 7. The Morgan fingerprint density at radius 3 is 2.66 bits per heavy atom. The highest BCUT2D eigenvalue weighted by Crippen LogP contribution is 2.35. The second-order valence-corrected chi connectivity index (χ2v) is 9.18. The molecule has 7 nitrogen and oxygen atoms in total. The molecule has 35 heavy (non-hydrogen) atoms. The van der Waals surface area contributed by atoms with Crippen molar-refractivity contribution < 1.29 is 32.7 Å². The molecule has 1 aromatic heterocycles. The number of imide groups is 1. The zero-order valence-electron chi connectivity index (χ0n) is 17.9. The van der Waals surface area contributed by atoms with E-state index in [4.69, 9.17) is 16.7 Å². The molecule has 0 atom stereocenters. The zero-order chi connectivity index (χ0) is 25.3. The molecule has 182 valence electrons. The Hall–Kier alpha value is -3.31. The van der Waals surface area contributed by atoms with Crippen LogP contribution in [0.2, 0.25) is 5.02 Å². The van der Waals surface area contributed by atoms with Gasteiger partial charge in [-0.2, -0.15) is 18.3 Å². The van der Waals surface area contributed by atoms with Crippen molar-refractivity contribution in [2.45, 2.75) is 25.6 Å². The first-order valence-electron chi connectivity index (χ1n) is 10.3. The summed E-state index contributed by atoms with van der Waals surface area (Å²) in [5.41, 5.74) is 0.388. The van der Waals surface area contributed by atoms with Crippen molar-refractivity contribution in [3.8, 4) is 0 Å². The van der Waals surface area contributed by atoms with Gasteiger partial charge in [-0.15, -0.1) is 0 Å². The third-order valence-electron chi connectivity index (χ3n) is 5.31. The van der Waals surface area contributed by atoms with Crippen molar-refractivity contribution in [1.29, 1.82) is 0 Å². The third kappa shape index (κ3) is 5.51. The molecule has 1 fully saturated rings. The molecule has 1 aliphatic rings. The summed E-state index contributed by atoms with van der Waals surface area (Å²) in [6, 6.07) is 8.66. The van der Waals surface area contributed by atoms with E-state index in [1.165, 1.54) is 23.0 Å². The number of carbonyl (C=O) groups excluding carboxylic acids is 2. The predicted octanol–water partition coefficient (Wildman–Crippen LogP) is 5.66. The van der Waals surface area contributed by atoms with Gasteiger partial charge in [0.05, 0.1) is 28.7 Å². The van der Waals surface area contributed by atoms with Crippen molar-refractivity contribution in [2.75, 3.05) is 6.54 Å². The number of halogens is 4. The number of amides is 2. The Balaban J connectivity index is 1.55. The Kier molecular flexibility index (Phi) is 6.91. The van der Waals surface area contributed by atoms with Gasteiger partial charge in [0.2, 0.25) is 0 Å². The van der Waals surface area contributed by atoms with Crippen molar-refractivity contribution in [1.82, 2.24) is 14.7 Å². The van der Waals surface area contributed by atoms with Gasteiger partial charge in [-0.1, -0.05) is 23.7 Å². The minimum atomic E-state index is -4.56. The fourth-order valence-corrected chi connectivity index (χ4v) is 4.70. The number of hydrogen-bond donors (Lipinski definition) is 1. The van der Waals surface area contributed by atoms with E-state index < -0.39 is 28.9 Å². The van der Waals surface area contributed by atoms with E-state index in [1.807, 2.05) is 0 Å². The third-order valence-corrected chi connectivity index (χ3v) is 6.45. The van der Waals surface area contributed by atoms with E-state index in [-0.39, 0.29) is 41.4 Å². The highest BCUT2D eigenvalue weighted by atomic mass is 35.5. The highest BCUT2D eigenvalue weighted by molar-refractivity contribution is 8.18. The number of aromatic nitrogens is 2. The summed E-state index contributed by atoms with van der Waals surface area (Å²) in [4.78, 5) is 36.6. The van der Waals surface area contributed by atoms with Crippen LogP contribution in [0.25, 0.3) is 17.0 Å². The molecule has 4 rings (SSSR count). The number of carboxylic acids is 1. The number of fused-ring (bicyclic) bond motifs is 1. The Bertz CT molecular complexity index is 1370. The van der Waals surface area contributed by atoms with Crippen LogP contribution >= 0.6 is 23.4 Å². The lowest BCUT2D eigenvalue weighted by Gasteiger charge is -2.14. The number of carboxylic acid groups (broad SMARTS) is 1. The summed E-state index contributed by atoms with van der Waals surface area (Å²) in [6.45, 7) is -0.102. The van der Waals surface area contributed by atoms with Gasteiger partial charge in [0.15, 0.2) is 0 Å². The Labute approximate surface area is 206 Å². The molecule has 0 spiro atoms. The second kappa shape index (κ2) is 9.74. The van der Waals surface area contributed by atoms with Gasteiger partial charge in [-0.05, 0) is 59.7 Å². The van der Waals surface area contributed by atoms with Gasteiger partial charge in [-0.3, -0.25) is 24.0 Å². The van der Waals surface area contributed by atoms with Crippen LogP contribution in [0.15, 0.2) is 47.5 Å². The fourth-order valence-electron chi connectivity index (χ4n) is 3.67. The van der Waals surface area contributed by atoms with Gasteiger partial charge in [0.1, 0.15) is 0 Å². The Morgan fingerprint density at radius 1 is 1.17 bits per heavy atom. The van der Waals surface area contributed by atoms with Crippen LogP contribution in [0.1, 0.15) is 29.5 Å². The molecule has 1 N–H and O–H groups in total. The summed E-state index contributed by atoms with van der Waals surface area (Å²) in [5.74, 6) is -1.50. The second-order valence-electron chi connectivity index (χ2n) is 7.75. The number of benzene rings is 2. The average molecular weight is 524 g/mol. The van der Waals surface area contributed by atoms with Gasteiger partial charge < -0.3 is 5.11 Å².